The van der Waals surface area contributed by atoms with E-state index in [-0.39, 0.29) is 17.5 Å². The average molecular weight is 220 g/mol. The monoisotopic (exact) mass is 220 g/mol. The van der Waals surface area contributed by atoms with Gasteiger partial charge in [-0.3, -0.25) is 4.99 Å². The largest absolute Gasteiger partial charge is 0.391 e. The van der Waals surface area contributed by atoms with Crippen LogP contribution in [0, 0.1) is 0 Å². The maximum Gasteiger partial charge on any atom is 0.136 e. The summed E-state index contributed by atoms with van der Waals surface area (Å²) in [6.45, 7) is 0.271. The van der Waals surface area contributed by atoms with Gasteiger partial charge < -0.3 is 5.11 Å². The molecule has 1 unspecified atom stereocenters. The van der Waals surface area contributed by atoms with Gasteiger partial charge in [-0.05, 0) is 35.5 Å². The molecule has 0 radical (unpaired) electrons. The Morgan fingerprint density at radius 2 is 2.27 bits per heavy atom. The maximum atomic E-state index is 8.92. The van der Waals surface area contributed by atoms with Crippen molar-refractivity contribution >= 4 is 17.1 Å². The summed E-state index contributed by atoms with van der Waals surface area (Å²) in [4.78, 5) is 4.09. The highest BCUT2D eigenvalue weighted by Crippen LogP contribution is 2.20. The fraction of sp³-hybridized carbons (Fsp3) is 0.250. The lowest BCUT2D eigenvalue weighted by Crippen LogP contribution is -2.09. The highest BCUT2D eigenvalue weighted by Gasteiger charge is 2.16. The second-order valence-electron chi connectivity index (χ2n) is 3.33. The van der Waals surface area contributed by atoms with E-state index < -0.39 is 0 Å². The van der Waals surface area contributed by atoms with Crippen molar-refractivity contribution in [2.24, 2.45) is 4.99 Å². The van der Waals surface area contributed by atoms with E-state index >= 15 is 0 Å². The molecule has 2 nitrogen and oxygen atoms in total. The van der Waals surface area contributed by atoms with Gasteiger partial charge in [-0.15, -0.1) is 0 Å². The zero-order chi connectivity index (χ0) is 10.5. The Labute approximate surface area is 92.8 Å². The summed E-state index contributed by atoms with van der Waals surface area (Å²) in [5.74, 6) is 1.89. The Kier molecular flexibility index (Phi) is 3.59. The summed E-state index contributed by atoms with van der Waals surface area (Å²) in [7, 11) is 0.189. The highest BCUT2D eigenvalue weighted by molar-refractivity contribution is 7.99. The Balaban J connectivity index is 2.22. The van der Waals surface area contributed by atoms with Crippen LogP contribution in [0.2, 0.25) is 0 Å². The standard InChI is InChI=1S/C12H14NOS/c14-7-10-15-8-3-11-1-5-13-6-2-12(11)4-9-15/h1-6,8,14H,7,9-10H2/q+1. The molecule has 0 bridgehead atoms. The van der Waals surface area contributed by atoms with Crippen LogP contribution in [-0.4, -0.2) is 29.4 Å². The third-order valence-electron chi connectivity index (χ3n) is 2.32. The van der Waals surface area contributed by atoms with Crippen LogP contribution < -0.4 is 0 Å². The van der Waals surface area contributed by atoms with Gasteiger partial charge in [0.1, 0.15) is 16.9 Å². The minimum Gasteiger partial charge on any atom is -0.391 e. The molecule has 0 saturated heterocycles. The van der Waals surface area contributed by atoms with E-state index in [9.17, 15) is 0 Å². The van der Waals surface area contributed by atoms with Crippen molar-refractivity contribution in [1.29, 1.82) is 0 Å². The molecule has 0 spiro atoms. The van der Waals surface area contributed by atoms with Gasteiger partial charge in [0, 0.05) is 23.3 Å². The molecule has 0 aromatic rings. The Hall–Kier alpha value is -1.06. The van der Waals surface area contributed by atoms with Crippen LogP contribution in [0.25, 0.3) is 0 Å². The highest BCUT2D eigenvalue weighted by atomic mass is 32.2. The number of aliphatic imine (C=N–C) groups is 1. The Bertz CT molecular complexity index is 377. The fourth-order valence-electron chi connectivity index (χ4n) is 1.52. The molecule has 78 valence electrons. The van der Waals surface area contributed by atoms with Crippen molar-refractivity contribution in [1.82, 2.24) is 0 Å². The van der Waals surface area contributed by atoms with Crippen LogP contribution in [0.1, 0.15) is 0 Å². The number of aliphatic hydroxyl groups excluding tert-OH is 1. The van der Waals surface area contributed by atoms with Crippen molar-refractivity contribution in [2.75, 3.05) is 18.1 Å². The number of aliphatic hydroxyl groups is 1. The number of hydrogen-bond donors (Lipinski definition) is 1. The number of hydrogen-bond acceptors (Lipinski definition) is 2. The van der Waals surface area contributed by atoms with Gasteiger partial charge in [-0.1, -0.05) is 0 Å². The summed E-state index contributed by atoms with van der Waals surface area (Å²) in [5, 5.41) is 11.1. The minimum atomic E-state index is 0.189. The molecule has 0 aliphatic carbocycles. The van der Waals surface area contributed by atoms with Gasteiger partial charge in [0.05, 0.1) is 6.61 Å². The molecular weight excluding hydrogens is 206 g/mol. The number of nitrogens with zero attached hydrogens (tertiary/aromatic N) is 1. The average Bonchev–Trinajstić information content (AvgIpc) is 2.55. The first kappa shape index (κ1) is 10.5. The second-order valence-corrected chi connectivity index (χ2v) is 5.42. The quantitative estimate of drug-likeness (QED) is 0.704. The van der Waals surface area contributed by atoms with Crippen LogP contribution in [0.4, 0.5) is 0 Å². The molecule has 15 heavy (non-hydrogen) atoms. The maximum absolute atomic E-state index is 8.92. The number of rotatable bonds is 2. The molecule has 1 atom stereocenters. The minimum absolute atomic E-state index is 0.189. The molecule has 1 N–H and O–H groups in total. The van der Waals surface area contributed by atoms with E-state index in [1.165, 1.54) is 11.1 Å². The van der Waals surface area contributed by atoms with Gasteiger partial charge in [-0.2, -0.15) is 0 Å². The van der Waals surface area contributed by atoms with E-state index in [1.54, 1.807) is 0 Å². The molecule has 0 aromatic carbocycles. The van der Waals surface area contributed by atoms with E-state index in [4.69, 9.17) is 5.11 Å². The van der Waals surface area contributed by atoms with Crippen molar-refractivity contribution in [2.45, 2.75) is 0 Å². The van der Waals surface area contributed by atoms with Gasteiger partial charge >= 0.3 is 0 Å². The molecule has 0 aromatic heterocycles. The van der Waals surface area contributed by atoms with Crippen molar-refractivity contribution in [3.63, 3.8) is 0 Å². The Morgan fingerprint density at radius 3 is 3.13 bits per heavy atom. The lowest BCUT2D eigenvalue weighted by atomic mass is 10.1. The predicted molar refractivity (Wildman–Crippen MR) is 67.1 cm³/mol. The molecule has 2 aliphatic heterocycles. The van der Waals surface area contributed by atoms with Crippen molar-refractivity contribution in [3.8, 4) is 0 Å². The third-order valence-corrected chi connectivity index (χ3v) is 4.15. The van der Waals surface area contributed by atoms with Gasteiger partial charge in [0.2, 0.25) is 0 Å². The number of fused-ring (bicyclic) bond motifs is 1. The van der Waals surface area contributed by atoms with Crippen molar-refractivity contribution in [3.05, 3.63) is 47.1 Å². The van der Waals surface area contributed by atoms with Gasteiger partial charge in [0.15, 0.2) is 0 Å². The van der Waals surface area contributed by atoms with Gasteiger partial charge in [0.25, 0.3) is 0 Å². The predicted octanol–water partition coefficient (Wildman–Crippen LogP) is 1.58. The molecule has 2 aliphatic rings. The fourth-order valence-corrected chi connectivity index (χ4v) is 2.90. The van der Waals surface area contributed by atoms with Gasteiger partial charge in [-0.25, -0.2) is 0 Å². The van der Waals surface area contributed by atoms with E-state index in [0.717, 1.165) is 11.5 Å². The van der Waals surface area contributed by atoms with Crippen molar-refractivity contribution < 1.29 is 5.11 Å². The lowest BCUT2D eigenvalue weighted by Gasteiger charge is -1.96. The molecule has 0 amide bonds. The topological polar surface area (TPSA) is 32.6 Å². The molecule has 2 heterocycles. The lowest BCUT2D eigenvalue weighted by molar-refractivity contribution is 0.322. The summed E-state index contributed by atoms with van der Waals surface area (Å²) in [6, 6.07) is 0. The summed E-state index contributed by atoms with van der Waals surface area (Å²) >= 11 is 0. The second kappa shape index (κ2) is 5.14. The summed E-state index contributed by atoms with van der Waals surface area (Å²) in [5.41, 5.74) is 2.44. The smallest absolute Gasteiger partial charge is 0.136 e. The summed E-state index contributed by atoms with van der Waals surface area (Å²) < 4.78 is 0. The van der Waals surface area contributed by atoms with Crippen LogP contribution in [-0.2, 0) is 10.9 Å². The van der Waals surface area contributed by atoms with Crippen LogP contribution in [0.5, 0.6) is 0 Å². The molecular formula is C12H14NOS+. The molecule has 0 fully saturated rings. The first-order valence-corrected chi connectivity index (χ1v) is 6.58. The van der Waals surface area contributed by atoms with E-state index in [1.807, 2.05) is 24.6 Å². The summed E-state index contributed by atoms with van der Waals surface area (Å²) in [6.07, 6.45) is 12.1. The zero-order valence-electron chi connectivity index (χ0n) is 8.47. The SMILES string of the molecule is OCC[S+]1C=CC2=CC=NC=CC2=CC1. The van der Waals surface area contributed by atoms with Crippen LogP contribution in [0.3, 0.4) is 0 Å². The first-order valence-electron chi connectivity index (χ1n) is 4.96. The molecule has 3 heteroatoms. The normalized spacial score (nSPS) is 23.9. The Morgan fingerprint density at radius 1 is 1.33 bits per heavy atom. The molecule has 2 rings (SSSR count). The number of allylic oxidation sites excluding steroid dienone is 5. The van der Waals surface area contributed by atoms with E-state index in [2.05, 4.69) is 22.6 Å². The molecule has 0 saturated carbocycles. The van der Waals surface area contributed by atoms with Crippen LogP contribution >= 0.6 is 0 Å². The zero-order valence-corrected chi connectivity index (χ0v) is 9.28. The first-order chi connectivity index (χ1) is 7.40. The van der Waals surface area contributed by atoms with Crippen LogP contribution in [0.15, 0.2) is 52.1 Å². The van der Waals surface area contributed by atoms with E-state index in [0.29, 0.717) is 0 Å². The third kappa shape index (κ3) is 2.70.